The van der Waals surface area contributed by atoms with E-state index in [0.29, 0.717) is 6.54 Å². The second-order valence-electron chi connectivity index (χ2n) is 6.12. The van der Waals surface area contributed by atoms with E-state index in [0.717, 1.165) is 33.5 Å². The van der Waals surface area contributed by atoms with Crippen molar-refractivity contribution in [1.82, 2.24) is 15.5 Å². The number of hydrogen-bond acceptors (Lipinski definition) is 3. The average Bonchev–Trinajstić information content (AvgIpc) is 2.85. The molecule has 20 heavy (non-hydrogen) atoms. The summed E-state index contributed by atoms with van der Waals surface area (Å²) in [6, 6.07) is 2.05. The van der Waals surface area contributed by atoms with Crippen LogP contribution in [0.15, 0.2) is 24.5 Å². The lowest BCUT2D eigenvalue weighted by molar-refractivity contribution is 0.406. The first-order valence-electron chi connectivity index (χ1n) is 6.77. The fraction of sp³-hybridized carbons (Fsp3) is 0.438. The van der Waals surface area contributed by atoms with Gasteiger partial charge in [0.25, 0.3) is 0 Å². The molecule has 1 aromatic heterocycles. The van der Waals surface area contributed by atoms with Crippen LogP contribution < -0.4 is 10.1 Å². The minimum Gasteiger partial charge on any atom is -0.496 e. The molecule has 0 saturated carbocycles. The molecule has 2 rings (SSSR count). The fourth-order valence-corrected chi connectivity index (χ4v) is 2.12. The van der Waals surface area contributed by atoms with E-state index in [1.54, 1.807) is 7.11 Å². The Bertz CT molecular complexity index is 635. The van der Waals surface area contributed by atoms with Gasteiger partial charge in [0.2, 0.25) is 0 Å². The molecule has 108 valence electrons. The van der Waals surface area contributed by atoms with E-state index in [9.17, 15) is 0 Å². The van der Waals surface area contributed by atoms with Crippen LogP contribution in [0.3, 0.4) is 0 Å². The van der Waals surface area contributed by atoms with Crippen LogP contribution in [0.2, 0.25) is 0 Å². The van der Waals surface area contributed by atoms with Crippen molar-refractivity contribution in [2.45, 2.75) is 34.2 Å². The smallest absolute Gasteiger partial charge is 0.126 e. The number of nitrogens with zero attached hydrogens (tertiary/aromatic N) is 1. The first-order valence-corrected chi connectivity index (χ1v) is 6.77. The van der Waals surface area contributed by atoms with Gasteiger partial charge in [0, 0.05) is 28.6 Å². The number of H-pyrrole nitrogens is 1. The largest absolute Gasteiger partial charge is 0.496 e. The van der Waals surface area contributed by atoms with Crippen LogP contribution in [-0.4, -0.2) is 17.3 Å². The predicted octanol–water partition coefficient (Wildman–Crippen LogP) is 3.53. The first-order chi connectivity index (χ1) is 9.34. The van der Waals surface area contributed by atoms with Gasteiger partial charge in [-0.25, -0.2) is 0 Å². The third-order valence-corrected chi connectivity index (χ3v) is 3.61. The van der Waals surface area contributed by atoms with Crippen LogP contribution in [0, 0.1) is 12.3 Å². The molecule has 2 N–H and O–H groups in total. The van der Waals surface area contributed by atoms with E-state index >= 15 is 0 Å². The van der Waals surface area contributed by atoms with E-state index in [1.807, 2.05) is 6.20 Å². The number of fused-ring (bicyclic) bond motifs is 1. The van der Waals surface area contributed by atoms with Crippen LogP contribution >= 0.6 is 0 Å². The summed E-state index contributed by atoms with van der Waals surface area (Å²) in [5.41, 5.74) is 4.30. The molecule has 0 amide bonds. The number of aromatic amines is 1. The summed E-state index contributed by atoms with van der Waals surface area (Å²) in [5, 5.41) is 11.7. The van der Waals surface area contributed by atoms with E-state index in [4.69, 9.17) is 4.74 Å². The number of benzene rings is 1. The maximum absolute atomic E-state index is 5.50. The molecule has 0 radical (unpaired) electrons. The number of allylic oxidation sites excluding steroid dienone is 1. The first kappa shape index (κ1) is 14.4. The molecule has 0 unspecified atom stereocenters. The van der Waals surface area contributed by atoms with Crippen molar-refractivity contribution in [3.8, 4) is 5.75 Å². The Kier molecular flexibility index (Phi) is 3.75. The van der Waals surface area contributed by atoms with Gasteiger partial charge in [0.15, 0.2) is 0 Å². The summed E-state index contributed by atoms with van der Waals surface area (Å²) in [4.78, 5) is 0. The number of aryl methyl sites for hydroxylation is 1. The average molecular weight is 273 g/mol. The lowest BCUT2D eigenvalue weighted by atomic mass is 9.92. The van der Waals surface area contributed by atoms with Gasteiger partial charge in [-0.1, -0.05) is 27.4 Å². The van der Waals surface area contributed by atoms with E-state index in [-0.39, 0.29) is 5.41 Å². The minimum absolute atomic E-state index is 0.0328. The maximum atomic E-state index is 5.50. The number of aromatic nitrogens is 2. The monoisotopic (exact) mass is 273 g/mol. The molecule has 0 fully saturated rings. The zero-order valence-electron chi connectivity index (χ0n) is 12.9. The lowest BCUT2D eigenvalue weighted by Gasteiger charge is -2.24. The predicted molar refractivity (Wildman–Crippen MR) is 82.8 cm³/mol. The van der Waals surface area contributed by atoms with Crippen molar-refractivity contribution in [3.05, 3.63) is 35.7 Å². The van der Waals surface area contributed by atoms with Gasteiger partial charge in [0.05, 0.1) is 18.8 Å². The van der Waals surface area contributed by atoms with Crippen molar-refractivity contribution >= 4 is 10.9 Å². The quantitative estimate of drug-likeness (QED) is 0.896. The zero-order valence-corrected chi connectivity index (χ0v) is 12.9. The highest BCUT2D eigenvalue weighted by Gasteiger charge is 2.17. The molecule has 0 spiro atoms. The third-order valence-electron chi connectivity index (χ3n) is 3.61. The number of methoxy groups -OCH3 is 1. The highest BCUT2D eigenvalue weighted by Crippen LogP contribution is 2.30. The molecule has 0 saturated heterocycles. The number of ether oxygens (including phenoxy) is 1. The Balaban J connectivity index is 2.36. The third kappa shape index (κ3) is 2.64. The van der Waals surface area contributed by atoms with E-state index in [1.165, 1.54) is 0 Å². The molecule has 0 aliphatic carbocycles. The van der Waals surface area contributed by atoms with Crippen LogP contribution in [-0.2, 0) is 6.54 Å². The van der Waals surface area contributed by atoms with Crippen LogP contribution in [0.4, 0.5) is 0 Å². The van der Waals surface area contributed by atoms with Crippen molar-refractivity contribution in [3.63, 3.8) is 0 Å². The number of nitrogens with one attached hydrogen (secondary N) is 2. The summed E-state index contributed by atoms with van der Waals surface area (Å²) in [7, 11) is 1.69. The Morgan fingerprint density at radius 3 is 2.75 bits per heavy atom. The Hall–Kier alpha value is -1.97. The molecule has 1 heterocycles. The summed E-state index contributed by atoms with van der Waals surface area (Å²) < 4.78 is 5.50. The molecule has 2 aromatic rings. The highest BCUT2D eigenvalue weighted by molar-refractivity contribution is 5.86. The van der Waals surface area contributed by atoms with E-state index in [2.05, 4.69) is 55.9 Å². The highest BCUT2D eigenvalue weighted by atomic mass is 16.5. The molecule has 0 bridgehead atoms. The van der Waals surface area contributed by atoms with Gasteiger partial charge in [0.1, 0.15) is 5.75 Å². The Morgan fingerprint density at radius 1 is 1.45 bits per heavy atom. The molecule has 0 aliphatic heterocycles. The maximum Gasteiger partial charge on any atom is 0.126 e. The van der Waals surface area contributed by atoms with Crippen molar-refractivity contribution in [2.75, 3.05) is 7.11 Å². The Morgan fingerprint density at radius 2 is 2.15 bits per heavy atom. The van der Waals surface area contributed by atoms with Gasteiger partial charge in [-0.15, -0.1) is 0 Å². The molecular formula is C16H23N3O. The fourth-order valence-electron chi connectivity index (χ4n) is 2.12. The van der Waals surface area contributed by atoms with Gasteiger partial charge < -0.3 is 10.1 Å². The normalized spacial score (nSPS) is 11.7. The van der Waals surface area contributed by atoms with Crippen LogP contribution in [0.1, 0.15) is 31.9 Å². The van der Waals surface area contributed by atoms with Gasteiger partial charge in [-0.2, -0.15) is 5.10 Å². The summed E-state index contributed by atoms with van der Waals surface area (Å²) in [6.07, 6.45) is 1.85. The summed E-state index contributed by atoms with van der Waals surface area (Å²) in [5.74, 6) is 0.869. The molecular weight excluding hydrogens is 250 g/mol. The van der Waals surface area contributed by atoms with Gasteiger partial charge >= 0.3 is 0 Å². The zero-order chi connectivity index (χ0) is 14.9. The Labute approximate surface area is 120 Å². The molecule has 4 heteroatoms. The number of rotatable bonds is 4. The summed E-state index contributed by atoms with van der Waals surface area (Å²) >= 11 is 0. The van der Waals surface area contributed by atoms with Crippen molar-refractivity contribution in [1.29, 1.82) is 0 Å². The summed E-state index contributed by atoms with van der Waals surface area (Å²) in [6.45, 7) is 13.2. The van der Waals surface area contributed by atoms with E-state index < -0.39 is 0 Å². The molecule has 0 atom stereocenters. The van der Waals surface area contributed by atoms with Crippen LogP contribution in [0.5, 0.6) is 5.75 Å². The molecule has 0 aliphatic rings. The molecule has 1 aromatic carbocycles. The SMILES string of the molecule is C=C(NCc1c(OC)cc(C)c2cn[nH]c12)C(C)(C)C. The standard InChI is InChI=1S/C16H23N3O/c1-10-7-14(20-6)13(15-12(10)9-18-19-15)8-17-11(2)16(3,4)5/h7,9,17H,2,8H2,1,3-6H3,(H,18,19). The van der Waals surface area contributed by atoms with Crippen molar-refractivity contribution < 1.29 is 4.74 Å². The van der Waals surface area contributed by atoms with Gasteiger partial charge in [-0.05, 0) is 18.6 Å². The second-order valence-corrected chi connectivity index (χ2v) is 6.12. The van der Waals surface area contributed by atoms with Gasteiger partial charge in [-0.3, -0.25) is 5.10 Å². The molecule has 4 nitrogen and oxygen atoms in total. The lowest BCUT2D eigenvalue weighted by Crippen LogP contribution is -2.23. The second kappa shape index (κ2) is 5.19. The van der Waals surface area contributed by atoms with Crippen molar-refractivity contribution in [2.24, 2.45) is 5.41 Å². The number of hydrogen-bond donors (Lipinski definition) is 2. The topological polar surface area (TPSA) is 49.9 Å². The minimum atomic E-state index is 0.0328. The van der Waals surface area contributed by atoms with Crippen LogP contribution in [0.25, 0.3) is 10.9 Å².